The highest BCUT2D eigenvalue weighted by molar-refractivity contribution is 4.77. The van der Waals surface area contributed by atoms with Crippen molar-refractivity contribution in [3.63, 3.8) is 0 Å². The Bertz CT molecular complexity index is 139. The zero-order valence-electron chi connectivity index (χ0n) is 7.43. The first-order valence-electron chi connectivity index (χ1n) is 4.28. The van der Waals surface area contributed by atoms with Crippen LogP contribution in [-0.4, -0.2) is 41.4 Å². The van der Waals surface area contributed by atoms with E-state index in [4.69, 9.17) is 9.47 Å². The molecule has 1 fully saturated rings. The topological polar surface area (TPSA) is 58.9 Å². The van der Waals surface area contributed by atoms with Crippen LogP contribution in [0.3, 0.4) is 0 Å². The van der Waals surface area contributed by atoms with Gasteiger partial charge in [0.25, 0.3) is 0 Å². The molecule has 2 unspecified atom stereocenters. The fourth-order valence-electron chi connectivity index (χ4n) is 1.26. The van der Waals surface area contributed by atoms with Gasteiger partial charge in [0.2, 0.25) is 0 Å². The van der Waals surface area contributed by atoms with E-state index in [1.807, 2.05) is 6.92 Å². The molecular formula is C8H16O4. The summed E-state index contributed by atoms with van der Waals surface area (Å²) in [5.41, 5.74) is 0. The highest BCUT2D eigenvalue weighted by Gasteiger charge is 2.33. The first-order valence-corrected chi connectivity index (χ1v) is 4.28. The van der Waals surface area contributed by atoms with Gasteiger partial charge in [-0.2, -0.15) is 0 Å². The van der Waals surface area contributed by atoms with E-state index in [2.05, 4.69) is 0 Å². The first kappa shape index (κ1) is 9.92. The summed E-state index contributed by atoms with van der Waals surface area (Å²) in [6.07, 6.45) is -1.81. The molecule has 4 atom stereocenters. The zero-order chi connectivity index (χ0) is 9.14. The van der Waals surface area contributed by atoms with Crippen LogP contribution in [0.5, 0.6) is 0 Å². The van der Waals surface area contributed by atoms with Crippen LogP contribution in [0.2, 0.25) is 0 Å². The minimum atomic E-state index is -0.712. The number of aliphatic hydroxyl groups is 2. The number of hydrogen-bond acceptors (Lipinski definition) is 4. The Balaban J connectivity index is 2.43. The lowest BCUT2D eigenvalue weighted by Gasteiger charge is -2.35. The smallest absolute Gasteiger partial charge is 0.183 e. The van der Waals surface area contributed by atoms with Crippen LogP contribution < -0.4 is 0 Å². The van der Waals surface area contributed by atoms with Gasteiger partial charge in [-0.05, 0) is 13.8 Å². The van der Waals surface area contributed by atoms with Crippen molar-refractivity contribution in [2.24, 2.45) is 0 Å². The number of rotatable bonds is 2. The first-order chi connectivity index (χ1) is 5.65. The SMILES string of the molecule is CCO[C@@H]1OC(C)[C@H](O)CC1O. The van der Waals surface area contributed by atoms with E-state index in [0.29, 0.717) is 13.0 Å². The van der Waals surface area contributed by atoms with Crippen LogP contribution in [0.1, 0.15) is 20.3 Å². The van der Waals surface area contributed by atoms with E-state index >= 15 is 0 Å². The van der Waals surface area contributed by atoms with Crippen LogP contribution in [0.4, 0.5) is 0 Å². The molecule has 0 saturated carbocycles. The third kappa shape index (κ3) is 2.17. The molecule has 1 saturated heterocycles. The van der Waals surface area contributed by atoms with Crippen molar-refractivity contribution in [2.75, 3.05) is 6.61 Å². The molecule has 72 valence electrons. The Morgan fingerprint density at radius 3 is 2.67 bits per heavy atom. The maximum absolute atomic E-state index is 9.38. The second-order valence-corrected chi connectivity index (χ2v) is 3.04. The average molecular weight is 176 g/mol. The summed E-state index contributed by atoms with van der Waals surface area (Å²) < 4.78 is 10.4. The van der Waals surface area contributed by atoms with Crippen LogP contribution in [0, 0.1) is 0 Å². The molecule has 1 aliphatic heterocycles. The van der Waals surface area contributed by atoms with Gasteiger partial charge in [0.1, 0.15) is 6.10 Å². The van der Waals surface area contributed by atoms with Gasteiger partial charge in [0.05, 0.1) is 12.2 Å². The van der Waals surface area contributed by atoms with E-state index in [0.717, 1.165) is 0 Å². The fourth-order valence-corrected chi connectivity index (χ4v) is 1.26. The summed E-state index contributed by atoms with van der Waals surface area (Å²) >= 11 is 0. The lowest BCUT2D eigenvalue weighted by Crippen LogP contribution is -2.47. The molecule has 1 heterocycles. The van der Waals surface area contributed by atoms with Gasteiger partial charge in [-0.25, -0.2) is 0 Å². The van der Waals surface area contributed by atoms with Gasteiger partial charge < -0.3 is 19.7 Å². The molecule has 0 bridgehead atoms. The van der Waals surface area contributed by atoms with Crippen molar-refractivity contribution in [3.8, 4) is 0 Å². The number of ether oxygens (including phenoxy) is 2. The summed E-state index contributed by atoms with van der Waals surface area (Å²) in [6, 6.07) is 0. The molecule has 4 nitrogen and oxygen atoms in total. The lowest BCUT2D eigenvalue weighted by atomic mass is 10.0. The molecule has 0 aromatic carbocycles. The van der Waals surface area contributed by atoms with Crippen molar-refractivity contribution in [1.82, 2.24) is 0 Å². The quantitative estimate of drug-likeness (QED) is 0.616. The van der Waals surface area contributed by atoms with Crippen molar-refractivity contribution < 1.29 is 19.7 Å². The van der Waals surface area contributed by atoms with Crippen LogP contribution >= 0.6 is 0 Å². The largest absolute Gasteiger partial charge is 0.390 e. The molecule has 4 heteroatoms. The minimum Gasteiger partial charge on any atom is -0.390 e. The fraction of sp³-hybridized carbons (Fsp3) is 1.00. The molecule has 0 amide bonds. The predicted molar refractivity (Wildman–Crippen MR) is 42.6 cm³/mol. The third-order valence-electron chi connectivity index (χ3n) is 2.02. The molecule has 2 N–H and O–H groups in total. The average Bonchev–Trinajstić information content (AvgIpc) is 2.01. The van der Waals surface area contributed by atoms with Crippen LogP contribution in [0.15, 0.2) is 0 Å². The Morgan fingerprint density at radius 1 is 1.42 bits per heavy atom. The van der Waals surface area contributed by atoms with Crippen molar-refractivity contribution in [2.45, 2.75) is 44.9 Å². The van der Waals surface area contributed by atoms with E-state index in [-0.39, 0.29) is 6.10 Å². The highest BCUT2D eigenvalue weighted by atomic mass is 16.7. The van der Waals surface area contributed by atoms with Gasteiger partial charge in [-0.1, -0.05) is 0 Å². The van der Waals surface area contributed by atoms with E-state index < -0.39 is 18.5 Å². The lowest BCUT2D eigenvalue weighted by molar-refractivity contribution is -0.259. The Hall–Kier alpha value is -0.160. The summed E-state index contributed by atoms with van der Waals surface area (Å²) in [5, 5.41) is 18.7. The zero-order valence-corrected chi connectivity index (χ0v) is 7.43. The second-order valence-electron chi connectivity index (χ2n) is 3.04. The van der Waals surface area contributed by atoms with Crippen LogP contribution in [-0.2, 0) is 9.47 Å². The minimum absolute atomic E-state index is 0.259. The van der Waals surface area contributed by atoms with Gasteiger partial charge in [0, 0.05) is 13.0 Å². The molecule has 1 rings (SSSR count). The molecule has 0 spiro atoms. The van der Waals surface area contributed by atoms with Gasteiger partial charge in [0.15, 0.2) is 6.29 Å². The van der Waals surface area contributed by atoms with E-state index in [9.17, 15) is 10.2 Å². The Labute approximate surface area is 72.1 Å². The predicted octanol–water partition coefficient (Wildman–Crippen LogP) is -0.120. The van der Waals surface area contributed by atoms with Crippen molar-refractivity contribution in [1.29, 1.82) is 0 Å². The Morgan fingerprint density at radius 2 is 2.08 bits per heavy atom. The van der Waals surface area contributed by atoms with Crippen LogP contribution in [0.25, 0.3) is 0 Å². The molecule has 0 aromatic rings. The molecule has 1 aliphatic rings. The second kappa shape index (κ2) is 4.18. The van der Waals surface area contributed by atoms with E-state index in [1.54, 1.807) is 6.92 Å². The van der Waals surface area contributed by atoms with Crippen molar-refractivity contribution in [3.05, 3.63) is 0 Å². The summed E-state index contributed by atoms with van der Waals surface area (Å²) in [6.45, 7) is 4.11. The molecule has 0 radical (unpaired) electrons. The standard InChI is InChI=1S/C8H16O4/c1-3-11-8-7(10)4-6(9)5(2)12-8/h5-10H,3-4H2,1-2H3/t5?,6-,7?,8-/m1/s1. The molecule has 0 aliphatic carbocycles. The highest BCUT2D eigenvalue weighted by Crippen LogP contribution is 2.20. The monoisotopic (exact) mass is 176 g/mol. The summed E-state index contributed by atoms with van der Waals surface area (Å²) in [5.74, 6) is 0. The number of hydrogen-bond donors (Lipinski definition) is 2. The maximum atomic E-state index is 9.38. The Kier molecular flexibility index (Phi) is 3.46. The van der Waals surface area contributed by atoms with E-state index in [1.165, 1.54) is 0 Å². The van der Waals surface area contributed by atoms with Gasteiger partial charge in [-0.3, -0.25) is 0 Å². The van der Waals surface area contributed by atoms with Gasteiger partial charge in [-0.15, -0.1) is 0 Å². The molecule has 0 aromatic heterocycles. The maximum Gasteiger partial charge on any atom is 0.183 e. The van der Waals surface area contributed by atoms with Crippen molar-refractivity contribution >= 4 is 0 Å². The summed E-state index contributed by atoms with van der Waals surface area (Å²) in [7, 11) is 0. The third-order valence-corrected chi connectivity index (χ3v) is 2.02. The summed E-state index contributed by atoms with van der Waals surface area (Å²) in [4.78, 5) is 0. The normalized spacial score (nSPS) is 43.0. The molecule has 12 heavy (non-hydrogen) atoms. The molecular weight excluding hydrogens is 160 g/mol. The van der Waals surface area contributed by atoms with Gasteiger partial charge >= 0.3 is 0 Å². The number of aliphatic hydroxyl groups excluding tert-OH is 2.